The third-order valence-corrected chi connectivity index (χ3v) is 7.97. The van der Waals surface area contributed by atoms with Crippen molar-refractivity contribution in [2.75, 3.05) is 6.54 Å². The Kier molecular flexibility index (Phi) is 9.86. The van der Waals surface area contributed by atoms with E-state index in [4.69, 9.17) is 5.10 Å². The third kappa shape index (κ3) is 7.73. The van der Waals surface area contributed by atoms with E-state index >= 15 is 0 Å². The van der Waals surface area contributed by atoms with E-state index in [9.17, 15) is 4.79 Å². The van der Waals surface area contributed by atoms with Gasteiger partial charge in [-0.15, -0.1) is 0 Å². The van der Waals surface area contributed by atoms with Crippen LogP contribution in [-0.4, -0.2) is 34.3 Å². The fourth-order valence-electron chi connectivity index (χ4n) is 5.93. The summed E-state index contributed by atoms with van der Waals surface area (Å²) in [7, 11) is 0. The first kappa shape index (κ1) is 27.0. The number of nitrogens with zero attached hydrogens (tertiary/aromatic N) is 2. The lowest BCUT2D eigenvalue weighted by Gasteiger charge is -2.33. The highest BCUT2D eigenvalue weighted by atomic mass is 16.2. The van der Waals surface area contributed by atoms with Gasteiger partial charge in [-0.3, -0.25) is 9.48 Å². The van der Waals surface area contributed by atoms with Gasteiger partial charge in [0.15, 0.2) is 0 Å². The minimum absolute atomic E-state index is 0.0167. The number of carbonyl (C=O) groups is 1. The van der Waals surface area contributed by atoms with E-state index in [1.165, 1.54) is 50.5 Å². The van der Waals surface area contributed by atoms with Crippen molar-refractivity contribution in [3.8, 4) is 0 Å². The number of benzene rings is 1. The second-order valence-electron chi connectivity index (χ2n) is 10.8. The van der Waals surface area contributed by atoms with Crippen LogP contribution in [0.3, 0.4) is 0 Å². The van der Waals surface area contributed by atoms with E-state index in [0.29, 0.717) is 12.0 Å². The van der Waals surface area contributed by atoms with Crippen molar-refractivity contribution in [3.63, 3.8) is 0 Å². The molecule has 1 amide bonds. The standard InChI is InChI=1S/C31H45N5O/c1-4-32-23(2)29-21-30(36(35-29)22-31(37)34-27-16-9-6-10-17-27)24(3)33-28-18-12-11-15-26(28)20-19-25-13-7-5-8-14-25/h5,7-8,13-14,21,26-28,32-33H,2-4,6,9-12,15-20,22H2,1H3,(H,34,37)/t26?,28-/m0/s1. The number of amides is 1. The molecule has 2 fully saturated rings. The van der Waals surface area contributed by atoms with Crippen LogP contribution in [-0.2, 0) is 17.8 Å². The van der Waals surface area contributed by atoms with Gasteiger partial charge >= 0.3 is 0 Å². The lowest BCUT2D eigenvalue weighted by Crippen LogP contribution is -2.39. The number of nitrogens with one attached hydrogen (secondary N) is 3. The number of hydrogen-bond donors (Lipinski definition) is 3. The average molecular weight is 504 g/mol. The molecule has 0 bridgehead atoms. The quantitative estimate of drug-likeness (QED) is 0.349. The monoisotopic (exact) mass is 503 g/mol. The molecule has 2 aliphatic carbocycles. The first-order valence-corrected chi connectivity index (χ1v) is 14.3. The Bertz CT molecular complexity index is 1040. The van der Waals surface area contributed by atoms with Crippen LogP contribution in [0.4, 0.5) is 0 Å². The first-order chi connectivity index (χ1) is 18.0. The van der Waals surface area contributed by atoms with Crippen molar-refractivity contribution in [1.29, 1.82) is 0 Å². The van der Waals surface area contributed by atoms with Gasteiger partial charge in [0.2, 0.25) is 5.91 Å². The second-order valence-corrected chi connectivity index (χ2v) is 10.8. The van der Waals surface area contributed by atoms with Crippen LogP contribution >= 0.6 is 0 Å². The summed E-state index contributed by atoms with van der Waals surface area (Å²) >= 11 is 0. The number of carbonyl (C=O) groups excluding carboxylic acids is 1. The molecule has 1 heterocycles. The molecule has 1 aromatic heterocycles. The van der Waals surface area contributed by atoms with E-state index in [2.05, 4.69) is 59.4 Å². The molecule has 3 N–H and O–H groups in total. The van der Waals surface area contributed by atoms with E-state index in [0.717, 1.165) is 55.0 Å². The van der Waals surface area contributed by atoms with Crippen LogP contribution in [0.15, 0.2) is 49.6 Å². The van der Waals surface area contributed by atoms with Gasteiger partial charge < -0.3 is 16.0 Å². The molecule has 200 valence electrons. The van der Waals surface area contributed by atoms with Gasteiger partial charge in [0.1, 0.15) is 12.2 Å². The Morgan fingerprint density at radius 1 is 0.973 bits per heavy atom. The highest BCUT2D eigenvalue weighted by molar-refractivity contribution is 5.77. The maximum Gasteiger partial charge on any atom is 0.241 e. The minimum atomic E-state index is 0.0167. The van der Waals surface area contributed by atoms with E-state index in [1.807, 2.05) is 13.0 Å². The Morgan fingerprint density at radius 3 is 2.46 bits per heavy atom. The summed E-state index contributed by atoms with van der Waals surface area (Å²) in [5, 5.41) is 15.0. The zero-order valence-corrected chi connectivity index (χ0v) is 22.6. The summed E-state index contributed by atoms with van der Waals surface area (Å²) < 4.78 is 1.80. The predicted molar refractivity (Wildman–Crippen MR) is 153 cm³/mol. The van der Waals surface area contributed by atoms with E-state index in [1.54, 1.807) is 4.68 Å². The zero-order valence-electron chi connectivity index (χ0n) is 22.6. The summed E-state index contributed by atoms with van der Waals surface area (Å²) in [5.74, 6) is 0.621. The number of aromatic nitrogens is 2. The number of rotatable bonds is 12. The molecule has 6 heteroatoms. The van der Waals surface area contributed by atoms with Crippen LogP contribution in [0.2, 0.25) is 0 Å². The molecule has 2 aliphatic rings. The van der Waals surface area contributed by atoms with Crippen LogP contribution in [0.5, 0.6) is 0 Å². The van der Waals surface area contributed by atoms with Gasteiger partial charge in [0, 0.05) is 18.6 Å². The molecule has 1 aromatic carbocycles. The second kappa shape index (κ2) is 13.5. The SMILES string of the molecule is C=C(NCC)c1cc(C(=C)N[C@H]2CCCCC2CCc2ccccc2)n(CC(=O)NC2CCCCC2)n1. The van der Waals surface area contributed by atoms with Crippen molar-refractivity contribution >= 4 is 17.3 Å². The molecule has 4 rings (SSSR count). The smallest absolute Gasteiger partial charge is 0.241 e. The number of aryl methyl sites for hydroxylation is 1. The average Bonchev–Trinajstić information content (AvgIpc) is 3.33. The molecule has 2 atom stereocenters. The summed E-state index contributed by atoms with van der Waals surface area (Å²) in [6.07, 6.45) is 13.0. The summed E-state index contributed by atoms with van der Waals surface area (Å²) in [4.78, 5) is 13.0. The lowest BCUT2D eigenvalue weighted by molar-refractivity contribution is -0.122. The molecule has 2 saturated carbocycles. The molecule has 37 heavy (non-hydrogen) atoms. The van der Waals surface area contributed by atoms with Gasteiger partial charge in [0.05, 0.1) is 17.1 Å². The van der Waals surface area contributed by atoms with Crippen molar-refractivity contribution in [1.82, 2.24) is 25.7 Å². The Hall–Kier alpha value is -3.02. The van der Waals surface area contributed by atoms with Crippen LogP contribution < -0.4 is 16.0 Å². The van der Waals surface area contributed by atoms with Gasteiger partial charge in [0.25, 0.3) is 0 Å². The van der Waals surface area contributed by atoms with Crippen molar-refractivity contribution < 1.29 is 4.79 Å². The molecule has 2 aromatic rings. The van der Waals surface area contributed by atoms with Gasteiger partial charge in [-0.05, 0) is 63.0 Å². The van der Waals surface area contributed by atoms with E-state index < -0.39 is 0 Å². The van der Waals surface area contributed by atoms with Crippen molar-refractivity contribution in [2.24, 2.45) is 5.92 Å². The third-order valence-electron chi connectivity index (χ3n) is 7.97. The van der Waals surface area contributed by atoms with Crippen molar-refractivity contribution in [3.05, 3.63) is 66.5 Å². The zero-order chi connectivity index (χ0) is 26.0. The molecule has 6 nitrogen and oxygen atoms in total. The molecule has 0 aliphatic heterocycles. The summed E-state index contributed by atoms with van der Waals surface area (Å²) in [6, 6.07) is 13.4. The normalized spacial score (nSPS) is 20.2. The Balaban J connectivity index is 1.45. The molecular weight excluding hydrogens is 458 g/mol. The highest BCUT2D eigenvalue weighted by Crippen LogP contribution is 2.30. The minimum Gasteiger partial charge on any atom is -0.384 e. The fraction of sp³-hybridized carbons (Fsp3) is 0.548. The van der Waals surface area contributed by atoms with Crippen LogP contribution in [0.25, 0.3) is 11.4 Å². The lowest BCUT2D eigenvalue weighted by atomic mass is 9.81. The topological polar surface area (TPSA) is 71.0 Å². The maximum atomic E-state index is 13.0. The van der Waals surface area contributed by atoms with Crippen molar-refractivity contribution in [2.45, 2.75) is 96.2 Å². The Labute approximate surface area is 223 Å². The van der Waals surface area contributed by atoms with Gasteiger partial charge in [-0.1, -0.05) is 75.6 Å². The molecular formula is C31H45N5O. The van der Waals surface area contributed by atoms with E-state index in [-0.39, 0.29) is 18.5 Å². The van der Waals surface area contributed by atoms with Gasteiger partial charge in [-0.25, -0.2) is 0 Å². The summed E-state index contributed by atoms with van der Waals surface area (Å²) in [5.41, 5.74) is 4.63. The molecule has 0 radical (unpaired) electrons. The molecule has 0 spiro atoms. The van der Waals surface area contributed by atoms with Crippen LogP contribution in [0, 0.1) is 5.92 Å². The molecule has 0 saturated heterocycles. The number of hydrogen-bond acceptors (Lipinski definition) is 4. The fourth-order valence-corrected chi connectivity index (χ4v) is 5.93. The Morgan fingerprint density at radius 2 is 1.70 bits per heavy atom. The molecule has 1 unspecified atom stereocenters. The first-order valence-electron chi connectivity index (χ1n) is 14.3. The predicted octanol–water partition coefficient (Wildman–Crippen LogP) is 5.66. The van der Waals surface area contributed by atoms with Gasteiger partial charge in [-0.2, -0.15) is 5.10 Å². The summed E-state index contributed by atoms with van der Waals surface area (Å²) in [6.45, 7) is 11.6. The van der Waals surface area contributed by atoms with Crippen LogP contribution in [0.1, 0.15) is 88.1 Å². The largest absolute Gasteiger partial charge is 0.384 e. The maximum absolute atomic E-state index is 13.0. The highest BCUT2D eigenvalue weighted by Gasteiger charge is 2.27.